The van der Waals surface area contributed by atoms with Gasteiger partial charge in [-0.3, -0.25) is 0 Å². The van der Waals surface area contributed by atoms with E-state index in [0.29, 0.717) is 10.7 Å². The minimum atomic E-state index is -2.67. The molecule has 0 bridgehead atoms. The molecule has 5 aromatic carbocycles. The molecule has 3 nitrogen and oxygen atoms in total. The third kappa shape index (κ3) is 3.89. The van der Waals surface area contributed by atoms with Crippen LogP contribution in [0, 0.1) is 17.9 Å². The van der Waals surface area contributed by atoms with Crippen LogP contribution in [-0.2, 0) is 0 Å². The van der Waals surface area contributed by atoms with Gasteiger partial charge in [-0.25, -0.2) is 4.85 Å². The maximum Gasteiger partial charge on any atom is 0.246 e. The molecule has 0 N–H and O–H groups in total. The fourth-order valence-corrected chi connectivity index (χ4v) is 10.2. The molecular formula is C37H25BN3P. The molecule has 42 heavy (non-hydrogen) atoms. The summed E-state index contributed by atoms with van der Waals surface area (Å²) in [5, 5.41) is 13.5. The van der Waals surface area contributed by atoms with E-state index in [1.165, 1.54) is 16.4 Å². The van der Waals surface area contributed by atoms with Crippen molar-refractivity contribution < 1.29 is 0 Å². The van der Waals surface area contributed by atoms with Crippen molar-refractivity contribution in [2.75, 3.05) is 4.90 Å². The van der Waals surface area contributed by atoms with Crippen molar-refractivity contribution in [2.45, 2.75) is 0 Å². The number of hydrogen-bond donors (Lipinski definition) is 0. The molecule has 196 valence electrons. The number of benzene rings is 5. The van der Waals surface area contributed by atoms with Gasteiger partial charge >= 0.3 is 0 Å². The summed E-state index contributed by atoms with van der Waals surface area (Å²) < 4.78 is 0. The highest BCUT2D eigenvalue weighted by atomic mass is 31.2. The molecule has 0 atom stereocenters. The van der Waals surface area contributed by atoms with E-state index in [0.717, 1.165) is 27.7 Å². The summed E-state index contributed by atoms with van der Waals surface area (Å²) in [6.07, 6.45) is 4.05. The Morgan fingerprint density at radius 2 is 1.10 bits per heavy atom. The lowest BCUT2D eigenvalue weighted by atomic mass is 9.35. The number of para-hydroxylation sites is 2. The molecule has 0 aliphatic carbocycles. The van der Waals surface area contributed by atoms with Gasteiger partial charge in [0.15, 0.2) is 5.42 Å². The second kappa shape index (κ2) is 10.6. The SMILES string of the molecule is [C-]#[N+]C1=P(c2ccccc2)(c2ccccc2)C(C#N)=CC(N2c3ccccc3B(c3ccccc3)c3ccccc32)=C1. The lowest BCUT2D eigenvalue weighted by molar-refractivity contribution is 1.22. The Morgan fingerprint density at radius 1 is 0.619 bits per heavy atom. The number of nitrogens with zero attached hydrogens (tertiary/aromatic N) is 3. The van der Waals surface area contributed by atoms with Crippen LogP contribution in [-0.4, -0.2) is 12.1 Å². The molecule has 2 aliphatic heterocycles. The van der Waals surface area contributed by atoms with Gasteiger partial charge in [0, 0.05) is 24.0 Å². The quantitative estimate of drug-likeness (QED) is 0.163. The first-order chi connectivity index (χ1) is 20.8. The maximum absolute atomic E-state index is 10.8. The van der Waals surface area contributed by atoms with Crippen LogP contribution in [0.15, 0.2) is 163 Å². The van der Waals surface area contributed by atoms with E-state index in [1.807, 2.05) is 54.6 Å². The molecule has 0 fully saturated rings. The fraction of sp³-hybridized carbons (Fsp3) is 0. The van der Waals surface area contributed by atoms with Crippen LogP contribution in [0.3, 0.4) is 0 Å². The van der Waals surface area contributed by atoms with Crippen LogP contribution < -0.4 is 31.9 Å². The van der Waals surface area contributed by atoms with Crippen molar-refractivity contribution in [2.24, 2.45) is 0 Å². The molecule has 0 aromatic heterocycles. The van der Waals surface area contributed by atoms with Gasteiger partial charge in [-0.2, -0.15) is 5.26 Å². The first kappa shape index (κ1) is 25.7. The predicted octanol–water partition coefficient (Wildman–Crippen LogP) is 5.68. The van der Waals surface area contributed by atoms with Gasteiger partial charge in [0.2, 0.25) is 6.71 Å². The Balaban J connectivity index is 1.53. The zero-order valence-corrected chi connectivity index (χ0v) is 23.7. The molecule has 5 aromatic rings. The average Bonchev–Trinajstić information content (AvgIpc) is 3.07. The van der Waals surface area contributed by atoms with Crippen molar-refractivity contribution in [3.05, 3.63) is 174 Å². The van der Waals surface area contributed by atoms with E-state index < -0.39 is 6.89 Å². The van der Waals surface area contributed by atoms with Gasteiger partial charge in [0.1, 0.15) is 0 Å². The minimum absolute atomic E-state index is 0.0722. The topological polar surface area (TPSA) is 31.4 Å². The second-order valence-electron chi connectivity index (χ2n) is 10.3. The normalized spacial score (nSPS) is 15.0. The van der Waals surface area contributed by atoms with Gasteiger partial charge < -0.3 is 4.90 Å². The minimum Gasteiger partial charge on any atom is -0.313 e. The molecule has 7 rings (SSSR count). The Morgan fingerprint density at radius 3 is 1.60 bits per heavy atom. The van der Waals surface area contributed by atoms with Gasteiger partial charge in [0.25, 0.3) is 0 Å². The molecule has 2 aliphatic rings. The molecule has 0 spiro atoms. The van der Waals surface area contributed by atoms with E-state index in [1.54, 1.807) is 0 Å². The highest BCUT2D eigenvalue weighted by molar-refractivity contribution is 7.93. The summed E-state index contributed by atoms with van der Waals surface area (Å²) in [4.78, 5) is 6.43. The number of nitriles is 1. The lowest BCUT2D eigenvalue weighted by Crippen LogP contribution is -2.57. The molecule has 5 heteroatoms. The van der Waals surface area contributed by atoms with Crippen molar-refractivity contribution in [3.63, 3.8) is 0 Å². The Bertz CT molecular complexity index is 1930. The largest absolute Gasteiger partial charge is 0.313 e. The standard InChI is InChI=1S/C37H25BN3P/c1-40-37-26-29(25-32(27-39)42(37,30-17-7-3-8-18-30)31-19-9-4-10-20-31)41-35-23-13-11-21-33(35)38(28-15-5-2-6-16-28)34-22-12-14-24-36(34)41/h2-26H. The van der Waals surface area contributed by atoms with Crippen molar-refractivity contribution >= 4 is 57.4 Å². The predicted molar refractivity (Wildman–Crippen MR) is 179 cm³/mol. The molecule has 2 heterocycles. The molecule has 0 amide bonds. The van der Waals surface area contributed by atoms with E-state index in [4.69, 9.17) is 6.57 Å². The second-order valence-corrected chi connectivity index (χ2v) is 13.6. The summed E-state index contributed by atoms with van der Waals surface area (Å²) in [5.74, 6) is 0. The summed E-state index contributed by atoms with van der Waals surface area (Å²) in [6, 6.07) is 50.3. The van der Waals surface area contributed by atoms with Gasteiger partial charge in [0.05, 0.1) is 18.0 Å². The van der Waals surface area contributed by atoms with Crippen molar-refractivity contribution in [3.8, 4) is 6.07 Å². The zero-order chi connectivity index (χ0) is 28.5. The third-order valence-electron chi connectivity index (χ3n) is 8.15. The van der Waals surface area contributed by atoms with Crippen LogP contribution >= 0.6 is 6.89 Å². The van der Waals surface area contributed by atoms with Crippen LogP contribution in [0.4, 0.5) is 11.4 Å². The highest BCUT2D eigenvalue weighted by Gasteiger charge is 2.39. The van der Waals surface area contributed by atoms with E-state index in [9.17, 15) is 5.26 Å². The smallest absolute Gasteiger partial charge is 0.246 e. The average molecular weight is 553 g/mol. The molecular weight excluding hydrogens is 528 g/mol. The summed E-state index contributed by atoms with van der Waals surface area (Å²) >= 11 is 0. The zero-order valence-electron chi connectivity index (χ0n) is 22.8. The number of rotatable bonds is 4. The van der Waals surface area contributed by atoms with E-state index >= 15 is 0 Å². The lowest BCUT2D eigenvalue weighted by Gasteiger charge is -2.39. The Labute approximate surface area is 247 Å². The number of fused-ring (bicyclic) bond motifs is 2. The number of anilines is 2. The highest BCUT2D eigenvalue weighted by Crippen LogP contribution is 2.57. The Hall–Kier alpha value is -5.28. The van der Waals surface area contributed by atoms with Crippen molar-refractivity contribution in [1.29, 1.82) is 5.26 Å². The van der Waals surface area contributed by atoms with Crippen LogP contribution in [0.1, 0.15) is 0 Å². The van der Waals surface area contributed by atoms with Gasteiger partial charge in [-0.05, 0) is 45.8 Å². The molecule has 0 saturated carbocycles. The molecule has 0 saturated heterocycles. The van der Waals surface area contributed by atoms with Gasteiger partial charge in [-0.15, -0.1) is 0 Å². The fourth-order valence-electron chi connectivity index (χ4n) is 6.42. The monoisotopic (exact) mass is 553 g/mol. The maximum atomic E-state index is 10.8. The molecule has 0 unspecified atom stereocenters. The number of hydrogen-bond acceptors (Lipinski definition) is 2. The van der Waals surface area contributed by atoms with Crippen LogP contribution in [0.25, 0.3) is 4.85 Å². The third-order valence-corrected chi connectivity index (χ3v) is 12.2. The first-order valence-corrected chi connectivity index (χ1v) is 15.7. The Kier molecular flexibility index (Phi) is 6.49. The summed E-state index contributed by atoms with van der Waals surface area (Å²) in [7, 11) is 0. The van der Waals surface area contributed by atoms with Crippen LogP contribution in [0.2, 0.25) is 0 Å². The van der Waals surface area contributed by atoms with Crippen LogP contribution in [0.5, 0.6) is 0 Å². The van der Waals surface area contributed by atoms with Gasteiger partial charge in [-0.1, -0.05) is 133 Å². The first-order valence-electron chi connectivity index (χ1n) is 13.9. The van der Waals surface area contributed by atoms with E-state index in [2.05, 4.69) is 113 Å². The summed E-state index contributed by atoms with van der Waals surface area (Å²) in [5.41, 5.74) is 7.16. The summed E-state index contributed by atoms with van der Waals surface area (Å²) in [6.45, 7) is 5.87. The van der Waals surface area contributed by atoms with E-state index in [-0.39, 0.29) is 6.71 Å². The molecule has 0 radical (unpaired) electrons. The van der Waals surface area contributed by atoms with Crippen molar-refractivity contribution in [1.82, 2.24) is 0 Å². The number of allylic oxidation sites excluding steroid dienone is 2.